The number of thiocarbonyl (C=S) groups is 1. The van der Waals surface area contributed by atoms with Crippen LogP contribution in [-0.4, -0.2) is 47.6 Å². The van der Waals surface area contributed by atoms with Gasteiger partial charge in [-0.3, -0.25) is 14.5 Å². The van der Waals surface area contributed by atoms with Crippen molar-refractivity contribution in [1.82, 2.24) is 4.90 Å². The molecular weight excluding hydrogens is 490 g/mol. The minimum Gasteiger partial charge on any atom is -0.494 e. The van der Waals surface area contributed by atoms with Crippen LogP contribution in [0, 0.1) is 0 Å². The molecule has 0 spiro atoms. The third kappa shape index (κ3) is 5.95. The summed E-state index contributed by atoms with van der Waals surface area (Å²) in [6.07, 6.45) is -0.0991. The molecule has 0 radical (unpaired) electrons. The molecule has 2 amide bonds. The summed E-state index contributed by atoms with van der Waals surface area (Å²) in [4.78, 5) is 41.5. The summed E-state index contributed by atoms with van der Waals surface area (Å²) < 4.78 is 10.2. The SMILES string of the molecule is CCOc1ccc(N2C(=O)C(CC(=O)Nc3ccc(C(=O)OC)cc3)N(Cc3ccccc3)C2=S)cc1. The van der Waals surface area contributed by atoms with Crippen molar-refractivity contribution in [2.24, 2.45) is 0 Å². The molecule has 1 atom stereocenters. The van der Waals surface area contributed by atoms with Gasteiger partial charge in [0.2, 0.25) is 5.91 Å². The van der Waals surface area contributed by atoms with Gasteiger partial charge in [-0.15, -0.1) is 0 Å². The molecule has 0 aromatic heterocycles. The maximum absolute atomic E-state index is 13.6. The number of methoxy groups -OCH3 is 1. The van der Waals surface area contributed by atoms with Crippen molar-refractivity contribution in [3.05, 3.63) is 90.0 Å². The largest absolute Gasteiger partial charge is 0.494 e. The lowest BCUT2D eigenvalue weighted by atomic mass is 10.1. The number of rotatable bonds is 9. The van der Waals surface area contributed by atoms with Gasteiger partial charge >= 0.3 is 5.97 Å². The number of benzene rings is 3. The number of hydrogen-bond acceptors (Lipinski definition) is 6. The number of nitrogens with zero attached hydrogens (tertiary/aromatic N) is 2. The summed E-state index contributed by atoms with van der Waals surface area (Å²) in [6, 6.07) is 22.3. The van der Waals surface area contributed by atoms with Crippen LogP contribution < -0.4 is 15.0 Å². The van der Waals surface area contributed by atoms with Crippen LogP contribution in [0.3, 0.4) is 0 Å². The maximum atomic E-state index is 13.6. The average Bonchev–Trinajstić information content (AvgIpc) is 3.13. The van der Waals surface area contributed by atoms with Crippen LogP contribution in [0.4, 0.5) is 11.4 Å². The van der Waals surface area contributed by atoms with E-state index in [1.54, 1.807) is 53.4 Å². The molecule has 0 aliphatic carbocycles. The second-order valence-electron chi connectivity index (χ2n) is 8.33. The lowest BCUT2D eigenvalue weighted by molar-refractivity contribution is -0.124. The van der Waals surface area contributed by atoms with Crippen LogP contribution in [0.15, 0.2) is 78.9 Å². The topological polar surface area (TPSA) is 88.2 Å². The summed E-state index contributed by atoms with van der Waals surface area (Å²) in [6.45, 7) is 2.82. The molecule has 1 aliphatic heterocycles. The highest BCUT2D eigenvalue weighted by atomic mass is 32.1. The van der Waals surface area contributed by atoms with Gasteiger partial charge < -0.3 is 19.7 Å². The van der Waals surface area contributed by atoms with E-state index in [1.807, 2.05) is 37.3 Å². The highest BCUT2D eigenvalue weighted by Gasteiger charge is 2.44. The molecule has 9 heteroatoms. The second kappa shape index (κ2) is 11.7. The quantitative estimate of drug-likeness (QED) is 0.332. The van der Waals surface area contributed by atoms with Crippen LogP contribution in [0.5, 0.6) is 5.75 Å². The normalized spacial score (nSPS) is 15.0. The predicted octanol–water partition coefficient (Wildman–Crippen LogP) is 4.40. The van der Waals surface area contributed by atoms with Gasteiger partial charge in [0, 0.05) is 12.2 Å². The Hall–Kier alpha value is -4.24. The minimum absolute atomic E-state index is 0.0991. The Morgan fingerprint density at radius 3 is 2.27 bits per heavy atom. The number of amides is 2. The average molecular weight is 518 g/mol. The first-order valence-corrected chi connectivity index (χ1v) is 12.2. The molecule has 3 aromatic carbocycles. The van der Waals surface area contributed by atoms with E-state index in [0.717, 1.165) is 5.56 Å². The molecule has 8 nitrogen and oxygen atoms in total. The molecule has 3 aromatic rings. The van der Waals surface area contributed by atoms with E-state index in [-0.39, 0.29) is 18.2 Å². The summed E-state index contributed by atoms with van der Waals surface area (Å²) in [5, 5.41) is 3.13. The molecule has 1 heterocycles. The maximum Gasteiger partial charge on any atom is 0.337 e. The molecule has 1 fully saturated rings. The van der Waals surface area contributed by atoms with E-state index in [2.05, 4.69) is 5.32 Å². The van der Waals surface area contributed by atoms with Crippen molar-refractivity contribution in [3.63, 3.8) is 0 Å². The van der Waals surface area contributed by atoms with Crippen LogP contribution in [0.1, 0.15) is 29.3 Å². The van der Waals surface area contributed by atoms with Crippen molar-refractivity contribution >= 4 is 46.5 Å². The zero-order valence-corrected chi connectivity index (χ0v) is 21.4. The van der Waals surface area contributed by atoms with Crippen molar-refractivity contribution in [1.29, 1.82) is 0 Å². The Balaban J connectivity index is 1.55. The number of anilines is 2. The zero-order valence-electron chi connectivity index (χ0n) is 20.5. The van der Waals surface area contributed by atoms with Crippen molar-refractivity contribution in [3.8, 4) is 5.75 Å². The fourth-order valence-corrected chi connectivity index (χ4v) is 4.47. The molecule has 0 bridgehead atoms. The molecule has 4 rings (SSSR count). The second-order valence-corrected chi connectivity index (χ2v) is 8.70. The minimum atomic E-state index is -0.784. The Bertz CT molecular complexity index is 1280. The van der Waals surface area contributed by atoms with E-state index in [4.69, 9.17) is 21.7 Å². The fourth-order valence-electron chi connectivity index (χ4n) is 4.08. The molecule has 1 saturated heterocycles. The Morgan fingerprint density at radius 2 is 1.65 bits per heavy atom. The molecule has 1 aliphatic rings. The lowest BCUT2D eigenvalue weighted by Gasteiger charge is -2.24. The summed E-state index contributed by atoms with van der Waals surface area (Å²) in [7, 11) is 1.30. The number of ether oxygens (including phenoxy) is 2. The van der Waals surface area contributed by atoms with Gasteiger partial charge in [0.25, 0.3) is 5.91 Å². The van der Waals surface area contributed by atoms with E-state index < -0.39 is 12.0 Å². The van der Waals surface area contributed by atoms with Crippen LogP contribution in [-0.2, 0) is 20.9 Å². The van der Waals surface area contributed by atoms with Crippen molar-refractivity contribution in [2.45, 2.75) is 25.9 Å². The molecule has 190 valence electrons. The fraction of sp³-hybridized carbons (Fsp3) is 0.214. The van der Waals surface area contributed by atoms with E-state index in [9.17, 15) is 14.4 Å². The highest BCUT2D eigenvalue weighted by Crippen LogP contribution is 2.30. The number of esters is 1. The number of nitrogens with one attached hydrogen (secondary N) is 1. The van der Waals surface area contributed by atoms with Gasteiger partial charge in [0.1, 0.15) is 11.8 Å². The molecule has 1 N–H and O–H groups in total. The standard InChI is InChI=1S/C28H27N3O5S/c1-3-36-23-15-13-22(14-16-23)31-26(33)24(30(28(31)37)18-19-7-5-4-6-8-19)17-25(32)29-21-11-9-20(10-12-21)27(34)35-2/h4-16,24H,3,17-18H2,1-2H3,(H,29,32). The van der Waals surface area contributed by atoms with Gasteiger partial charge in [0.05, 0.1) is 31.4 Å². The van der Waals surface area contributed by atoms with E-state index in [0.29, 0.717) is 41.0 Å². The summed E-state index contributed by atoms with van der Waals surface area (Å²) in [5.74, 6) is -0.396. The number of hydrogen-bond donors (Lipinski definition) is 1. The van der Waals surface area contributed by atoms with Crippen LogP contribution in [0.2, 0.25) is 0 Å². The molecule has 1 unspecified atom stereocenters. The van der Waals surface area contributed by atoms with Crippen molar-refractivity contribution in [2.75, 3.05) is 23.9 Å². The Morgan fingerprint density at radius 1 is 0.973 bits per heavy atom. The first-order valence-electron chi connectivity index (χ1n) is 11.8. The smallest absolute Gasteiger partial charge is 0.337 e. The monoisotopic (exact) mass is 517 g/mol. The van der Waals surface area contributed by atoms with Crippen molar-refractivity contribution < 1.29 is 23.9 Å². The van der Waals surface area contributed by atoms with E-state index in [1.165, 1.54) is 12.0 Å². The Labute approximate surface area is 220 Å². The Kier molecular flexibility index (Phi) is 8.15. The van der Waals surface area contributed by atoms with Crippen LogP contribution >= 0.6 is 12.2 Å². The molecular formula is C28H27N3O5S. The van der Waals surface area contributed by atoms with Gasteiger partial charge in [0.15, 0.2) is 5.11 Å². The summed E-state index contributed by atoms with van der Waals surface area (Å²) >= 11 is 5.74. The van der Waals surface area contributed by atoms with Gasteiger partial charge in [-0.05, 0) is 73.2 Å². The first-order chi connectivity index (χ1) is 17.9. The third-order valence-electron chi connectivity index (χ3n) is 5.89. The predicted molar refractivity (Wildman–Crippen MR) is 144 cm³/mol. The number of carbonyl (C=O) groups excluding carboxylic acids is 3. The van der Waals surface area contributed by atoms with Gasteiger partial charge in [-0.25, -0.2) is 4.79 Å². The first kappa shape index (κ1) is 25.8. The molecule has 37 heavy (non-hydrogen) atoms. The molecule has 0 saturated carbocycles. The van der Waals surface area contributed by atoms with Gasteiger partial charge in [-0.2, -0.15) is 0 Å². The lowest BCUT2D eigenvalue weighted by Crippen LogP contribution is -2.37. The highest BCUT2D eigenvalue weighted by molar-refractivity contribution is 7.80. The van der Waals surface area contributed by atoms with Crippen LogP contribution in [0.25, 0.3) is 0 Å². The number of carbonyl (C=O) groups is 3. The third-order valence-corrected chi connectivity index (χ3v) is 6.31. The van der Waals surface area contributed by atoms with Gasteiger partial charge in [-0.1, -0.05) is 30.3 Å². The summed E-state index contributed by atoms with van der Waals surface area (Å²) in [5.41, 5.74) is 2.45. The van der Waals surface area contributed by atoms with E-state index >= 15 is 0 Å². The zero-order chi connectivity index (χ0) is 26.4.